The summed E-state index contributed by atoms with van der Waals surface area (Å²) in [4.78, 5) is 38.7. The Hall–Kier alpha value is -3.35. The van der Waals surface area contributed by atoms with Crippen molar-refractivity contribution in [2.24, 2.45) is 23.2 Å². The van der Waals surface area contributed by atoms with Gasteiger partial charge in [0.05, 0.1) is 11.3 Å². The van der Waals surface area contributed by atoms with Crippen LogP contribution in [0.1, 0.15) is 37.3 Å². The van der Waals surface area contributed by atoms with Gasteiger partial charge in [0, 0.05) is 25.6 Å². The molecule has 7 nitrogen and oxygen atoms in total. The highest BCUT2D eigenvalue weighted by Gasteiger charge is 2.61. The number of rotatable bonds is 7. The minimum absolute atomic E-state index is 0.0177. The second-order valence-electron chi connectivity index (χ2n) is 10.00. The van der Waals surface area contributed by atoms with Crippen molar-refractivity contribution in [1.82, 2.24) is 10.2 Å². The molecule has 2 aromatic rings. The molecule has 0 aromatic heterocycles. The Morgan fingerprint density at radius 3 is 2.12 bits per heavy atom. The van der Waals surface area contributed by atoms with E-state index in [1.165, 1.54) is 11.1 Å². The fraction of sp³-hybridized carbons (Fsp3) is 0.444. The third kappa shape index (κ3) is 3.73. The van der Waals surface area contributed by atoms with Crippen LogP contribution in [0.15, 0.2) is 48.5 Å². The molecular formula is C27H30N2O5. The van der Waals surface area contributed by atoms with E-state index in [2.05, 4.69) is 29.6 Å². The van der Waals surface area contributed by atoms with Gasteiger partial charge in [-0.05, 0) is 47.4 Å². The van der Waals surface area contributed by atoms with Crippen LogP contribution in [0.25, 0.3) is 11.1 Å². The first-order chi connectivity index (χ1) is 16.3. The van der Waals surface area contributed by atoms with Gasteiger partial charge >= 0.3 is 12.1 Å². The monoisotopic (exact) mass is 462 g/mol. The molecule has 2 N–H and O–H groups in total. The van der Waals surface area contributed by atoms with Crippen LogP contribution in [-0.4, -0.2) is 54.2 Å². The summed E-state index contributed by atoms with van der Waals surface area (Å²) in [5, 5.41) is 12.0. The predicted octanol–water partition coefficient (Wildman–Crippen LogP) is 3.73. The van der Waals surface area contributed by atoms with E-state index in [4.69, 9.17) is 4.74 Å². The summed E-state index contributed by atoms with van der Waals surface area (Å²) in [6.45, 7) is 5.14. The van der Waals surface area contributed by atoms with E-state index in [1.807, 2.05) is 38.1 Å². The van der Waals surface area contributed by atoms with E-state index in [0.717, 1.165) is 11.1 Å². The normalized spacial score (nSPS) is 23.9. The minimum atomic E-state index is -0.766. The fourth-order valence-corrected chi connectivity index (χ4v) is 5.71. The smallest absolute Gasteiger partial charge is 0.407 e. The van der Waals surface area contributed by atoms with Crippen molar-refractivity contribution in [3.63, 3.8) is 0 Å². The molecule has 3 unspecified atom stereocenters. The molecule has 1 heterocycles. The highest BCUT2D eigenvalue weighted by atomic mass is 16.5. The maximum atomic E-state index is 13.2. The first-order valence-electron chi connectivity index (χ1n) is 11.9. The topological polar surface area (TPSA) is 95.9 Å². The predicted molar refractivity (Wildman–Crippen MR) is 126 cm³/mol. The molecule has 1 saturated carbocycles. The number of carbonyl (C=O) groups excluding carboxylic acids is 2. The molecular weight excluding hydrogens is 432 g/mol. The molecule has 0 radical (unpaired) electrons. The lowest BCUT2D eigenvalue weighted by molar-refractivity contribution is -0.144. The van der Waals surface area contributed by atoms with E-state index in [9.17, 15) is 19.5 Å². The van der Waals surface area contributed by atoms with Crippen LogP contribution in [0.4, 0.5) is 4.79 Å². The van der Waals surface area contributed by atoms with Crippen LogP contribution >= 0.6 is 0 Å². The highest BCUT2D eigenvalue weighted by Crippen LogP contribution is 2.52. The SMILES string of the molecule is CCC(C)(CNC(=O)OCC1c2ccccc2-c2ccccc21)C(=O)N1CC2C(C1)C2C(=O)O. The number of benzene rings is 2. The van der Waals surface area contributed by atoms with Gasteiger partial charge in [0.1, 0.15) is 6.61 Å². The number of nitrogens with one attached hydrogen (secondary N) is 1. The Morgan fingerprint density at radius 2 is 1.59 bits per heavy atom. The molecule has 3 aliphatic rings. The van der Waals surface area contributed by atoms with Crippen molar-refractivity contribution in [2.75, 3.05) is 26.2 Å². The zero-order chi connectivity index (χ0) is 24.0. The second-order valence-corrected chi connectivity index (χ2v) is 10.00. The first-order valence-corrected chi connectivity index (χ1v) is 11.9. The molecule has 178 valence electrons. The molecule has 2 fully saturated rings. The summed E-state index contributed by atoms with van der Waals surface area (Å²) < 4.78 is 5.61. The average molecular weight is 463 g/mol. The molecule has 2 aromatic carbocycles. The number of hydrogen-bond donors (Lipinski definition) is 2. The zero-order valence-corrected chi connectivity index (χ0v) is 19.5. The Morgan fingerprint density at radius 1 is 1.03 bits per heavy atom. The number of piperidine rings is 1. The van der Waals surface area contributed by atoms with Gasteiger partial charge in [0.25, 0.3) is 0 Å². The van der Waals surface area contributed by atoms with Crippen molar-refractivity contribution in [2.45, 2.75) is 26.2 Å². The third-order valence-corrected chi connectivity index (χ3v) is 8.03. The van der Waals surface area contributed by atoms with E-state index < -0.39 is 17.5 Å². The number of alkyl carbamates (subject to hydrolysis) is 1. The lowest BCUT2D eigenvalue weighted by Crippen LogP contribution is -2.48. The number of nitrogens with zero attached hydrogens (tertiary/aromatic N) is 1. The molecule has 3 atom stereocenters. The number of carbonyl (C=O) groups is 3. The summed E-state index contributed by atoms with van der Waals surface area (Å²) in [5.74, 6) is -0.996. The van der Waals surface area contributed by atoms with Crippen LogP contribution in [-0.2, 0) is 14.3 Å². The molecule has 1 aliphatic heterocycles. The summed E-state index contributed by atoms with van der Waals surface area (Å²) in [6, 6.07) is 16.3. The van der Waals surface area contributed by atoms with E-state index in [-0.39, 0.29) is 42.7 Å². The molecule has 2 amide bonds. The Balaban J connectivity index is 1.17. The van der Waals surface area contributed by atoms with Crippen molar-refractivity contribution < 1.29 is 24.2 Å². The quantitative estimate of drug-likeness (QED) is 0.654. The minimum Gasteiger partial charge on any atom is -0.481 e. The maximum absolute atomic E-state index is 13.2. The van der Waals surface area contributed by atoms with Gasteiger partial charge in [-0.1, -0.05) is 55.5 Å². The van der Waals surface area contributed by atoms with Gasteiger partial charge in [-0.25, -0.2) is 4.79 Å². The molecule has 0 bridgehead atoms. The molecule has 5 rings (SSSR count). The van der Waals surface area contributed by atoms with Gasteiger partial charge in [-0.3, -0.25) is 9.59 Å². The van der Waals surface area contributed by atoms with Crippen LogP contribution in [0.5, 0.6) is 0 Å². The van der Waals surface area contributed by atoms with E-state index in [0.29, 0.717) is 19.5 Å². The summed E-state index contributed by atoms with van der Waals surface area (Å²) in [6.07, 6.45) is 0.0218. The standard InChI is InChI=1S/C27H30N2O5/c1-3-27(2,25(32)29-12-20-21(13-29)23(20)24(30)31)15-28-26(33)34-14-22-18-10-6-4-8-16(18)17-9-5-7-11-19(17)22/h4-11,20-23H,3,12-15H2,1-2H3,(H,28,33)(H,30,31). The zero-order valence-electron chi connectivity index (χ0n) is 19.5. The lowest BCUT2D eigenvalue weighted by Gasteiger charge is -2.32. The largest absolute Gasteiger partial charge is 0.481 e. The maximum Gasteiger partial charge on any atom is 0.407 e. The fourth-order valence-electron chi connectivity index (χ4n) is 5.71. The number of fused-ring (bicyclic) bond motifs is 4. The first kappa shape index (κ1) is 22.4. The number of carboxylic acids is 1. The van der Waals surface area contributed by atoms with Crippen LogP contribution in [0.3, 0.4) is 0 Å². The van der Waals surface area contributed by atoms with Gasteiger partial charge in [-0.2, -0.15) is 0 Å². The summed E-state index contributed by atoms with van der Waals surface area (Å²) in [7, 11) is 0. The van der Waals surface area contributed by atoms with Crippen LogP contribution in [0.2, 0.25) is 0 Å². The van der Waals surface area contributed by atoms with Crippen molar-refractivity contribution in [3.8, 4) is 11.1 Å². The highest BCUT2D eigenvalue weighted by molar-refractivity contribution is 5.85. The Bertz CT molecular complexity index is 1090. The van der Waals surface area contributed by atoms with Crippen molar-refractivity contribution in [1.29, 1.82) is 0 Å². The number of likely N-dealkylation sites (tertiary alicyclic amines) is 1. The van der Waals surface area contributed by atoms with Gasteiger partial charge < -0.3 is 20.1 Å². The summed E-state index contributed by atoms with van der Waals surface area (Å²) >= 11 is 0. The Kier molecular flexibility index (Phi) is 5.58. The van der Waals surface area contributed by atoms with Crippen molar-refractivity contribution >= 4 is 18.0 Å². The number of amides is 2. The second kappa shape index (κ2) is 8.46. The number of carboxylic acid groups (broad SMARTS) is 1. The van der Waals surface area contributed by atoms with Gasteiger partial charge in [-0.15, -0.1) is 0 Å². The van der Waals surface area contributed by atoms with Crippen LogP contribution < -0.4 is 5.32 Å². The van der Waals surface area contributed by atoms with Crippen molar-refractivity contribution in [3.05, 3.63) is 59.7 Å². The molecule has 1 saturated heterocycles. The van der Waals surface area contributed by atoms with E-state index >= 15 is 0 Å². The molecule has 0 spiro atoms. The molecule has 2 aliphatic carbocycles. The van der Waals surface area contributed by atoms with Gasteiger partial charge in [0.2, 0.25) is 5.91 Å². The number of ether oxygens (including phenoxy) is 1. The molecule has 7 heteroatoms. The van der Waals surface area contributed by atoms with Gasteiger partial charge in [0.15, 0.2) is 0 Å². The Labute approximate surface area is 199 Å². The lowest BCUT2D eigenvalue weighted by atomic mass is 9.85. The average Bonchev–Trinajstić information content (AvgIpc) is 3.20. The third-order valence-electron chi connectivity index (χ3n) is 8.03. The summed E-state index contributed by atoms with van der Waals surface area (Å²) in [5.41, 5.74) is 3.88. The van der Waals surface area contributed by atoms with E-state index in [1.54, 1.807) is 4.90 Å². The molecule has 34 heavy (non-hydrogen) atoms. The van der Waals surface area contributed by atoms with Crippen LogP contribution in [0, 0.1) is 23.2 Å². The number of aliphatic carboxylic acids is 1. The number of hydrogen-bond acceptors (Lipinski definition) is 4.